The van der Waals surface area contributed by atoms with Crippen molar-refractivity contribution >= 4 is 39.0 Å². The fourth-order valence-corrected chi connectivity index (χ4v) is 5.20. The number of hydrogen-bond donors (Lipinski definition) is 1. The van der Waals surface area contributed by atoms with Crippen LogP contribution in [0.3, 0.4) is 0 Å². The lowest BCUT2D eigenvalue weighted by atomic mass is 10.1. The van der Waals surface area contributed by atoms with E-state index in [9.17, 15) is 4.79 Å². The van der Waals surface area contributed by atoms with Gasteiger partial charge in [-0.05, 0) is 72.5 Å². The number of methoxy groups -OCH3 is 1. The van der Waals surface area contributed by atoms with Gasteiger partial charge in [-0.1, -0.05) is 48.5 Å². The molecule has 0 saturated carbocycles. The van der Waals surface area contributed by atoms with Gasteiger partial charge in [0, 0.05) is 62.1 Å². The number of nitrogens with zero attached hydrogens (tertiary/aromatic N) is 3. The van der Waals surface area contributed by atoms with E-state index in [-0.39, 0.29) is 11.9 Å². The van der Waals surface area contributed by atoms with Crippen molar-refractivity contribution in [1.82, 2.24) is 9.88 Å². The van der Waals surface area contributed by atoms with Crippen molar-refractivity contribution in [2.24, 2.45) is 0 Å². The molecule has 0 aliphatic heterocycles. The number of nitrogens with one attached hydrogen (secondary N) is 1. The molecule has 0 fully saturated rings. The van der Waals surface area contributed by atoms with Crippen molar-refractivity contribution in [2.45, 2.75) is 32.4 Å². The number of aromatic nitrogens is 1. The second kappa shape index (κ2) is 12.7. The molecule has 6 nitrogen and oxygen atoms in total. The molecule has 1 N–H and O–H groups in total. The number of carbonyl (C=O) groups excluding carboxylic acids is 1. The topological polar surface area (TPSA) is 57.7 Å². The van der Waals surface area contributed by atoms with E-state index < -0.39 is 0 Å². The van der Waals surface area contributed by atoms with E-state index in [1.807, 2.05) is 79.8 Å². The highest BCUT2D eigenvalue weighted by Gasteiger charge is 2.18. The van der Waals surface area contributed by atoms with Gasteiger partial charge in [0.2, 0.25) is 0 Å². The van der Waals surface area contributed by atoms with Gasteiger partial charge in [0.15, 0.2) is 0 Å². The SMILES string of the molecule is COc1cc(NC(C)CCCN(Cc2ccc(N(C)C)cc2)C(=O)c2ccc3ccccc3c2)c2ncccc2c1. The molecule has 0 saturated heterocycles. The number of carbonyl (C=O) groups is 1. The molecule has 5 rings (SSSR count). The summed E-state index contributed by atoms with van der Waals surface area (Å²) >= 11 is 0. The summed E-state index contributed by atoms with van der Waals surface area (Å²) < 4.78 is 5.51. The molecule has 6 heteroatoms. The van der Waals surface area contributed by atoms with Crippen LogP contribution in [0.25, 0.3) is 21.7 Å². The number of fused-ring (bicyclic) bond motifs is 2. The molecule has 1 atom stereocenters. The van der Waals surface area contributed by atoms with Gasteiger partial charge in [-0.25, -0.2) is 0 Å². The van der Waals surface area contributed by atoms with Gasteiger partial charge in [-0.3, -0.25) is 9.78 Å². The van der Waals surface area contributed by atoms with Crippen LogP contribution in [0.2, 0.25) is 0 Å². The predicted molar refractivity (Wildman–Crippen MR) is 170 cm³/mol. The zero-order valence-corrected chi connectivity index (χ0v) is 24.3. The Morgan fingerprint density at radius 1 is 0.902 bits per heavy atom. The Morgan fingerprint density at radius 2 is 1.66 bits per heavy atom. The van der Waals surface area contributed by atoms with Crippen LogP contribution in [-0.4, -0.2) is 49.6 Å². The van der Waals surface area contributed by atoms with E-state index in [1.54, 1.807) is 7.11 Å². The van der Waals surface area contributed by atoms with Crippen molar-refractivity contribution in [3.63, 3.8) is 0 Å². The lowest BCUT2D eigenvalue weighted by molar-refractivity contribution is 0.0740. The third kappa shape index (κ3) is 6.77. The number of rotatable bonds is 11. The average molecular weight is 547 g/mol. The minimum absolute atomic E-state index is 0.0519. The molecule has 1 heterocycles. The molecule has 0 radical (unpaired) electrons. The van der Waals surface area contributed by atoms with E-state index in [4.69, 9.17) is 4.74 Å². The molecule has 5 aromatic rings. The van der Waals surface area contributed by atoms with Crippen LogP contribution in [0.5, 0.6) is 5.75 Å². The molecule has 0 bridgehead atoms. The van der Waals surface area contributed by atoms with Crippen molar-refractivity contribution in [3.05, 3.63) is 108 Å². The maximum atomic E-state index is 13.8. The number of hydrogen-bond acceptors (Lipinski definition) is 5. The summed E-state index contributed by atoms with van der Waals surface area (Å²) in [7, 11) is 5.74. The van der Waals surface area contributed by atoms with E-state index >= 15 is 0 Å². The second-order valence-corrected chi connectivity index (χ2v) is 10.8. The molecule has 41 heavy (non-hydrogen) atoms. The van der Waals surface area contributed by atoms with Gasteiger partial charge in [0.25, 0.3) is 5.91 Å². The van der Waals surface area contributed by atoms with Crippen LogP contribution >= 0.6 is 0 Å². The molecule has 1 unspecified atom stereocenters. The quantitative estimate of drug-likeness (QED) is 0.187. The first kappa shape index (κ1) is 28.0. The van der Waals surface area contributed by atoms with Gasteiger partial charge in [0.05, 0.1) is 18.3 Å². The van der Waals surface area contributed by atoms with Crippen LogP contribution < -0.4 is 15.0 Å². The summed E-state index contributed by atoms with van der Waals surface area (Å²) in [6, 6.07) is 30.7. The summed E-state index contributed by atoms with van der Waals surface area (Å²) in [5, 5.41) is 6.87. The lowest BCUT2D eigenvalue weighted by Crippen LogP contribution is -2.32. The molecule has 0 aliphatic carbocycles. The Labute approximate surface area is 242 Å². The summed E-state index contributed by atoms with van der Waals surface area (Å²) in [4.78, 5) is 22.5. The van der Waals surface area contributed by atoms with E-state index in [1.165, 1.54) is 0 Å². The summed E-state index contributed by atoms with van der Waals surface area (Å²) in [6.45, 7) is 3.39. The first-order valence-corrected chi connectivity index (χ1v) is 14.1. The van der Waals surface area contributed by atoms with Crippen molar-refractivity contribution in [1.29, 1.82) is 0 Å². The third-order valence-corrected chi connectivity index (χ3v) is 7.49. The summed E-state index contributed by atoms with van der Waals surface area (Å²) in [5.74, 6) is 0.851. The Balaban J connectivity index is 1.30. The molecule has 0 aliphatic rings. The standard InChI is InChI=1S/C35H38N4O2/c1-25(37-33-23-32(41-4)22-29-12-7-19-36-34(29)33)9-8-20-39(24-26-13-17-31(18-14-26)38(2)3)35(40)30-16-15-27-10-5-6-11-28(27)21-30/h5-7,10-19,21-23,25,37H,8-9,20,24H2,1-4H3. The van der Waals surface area contributed by atoms with E-state index in [0.29, 0.717) is 18.7 Å². The van der Waals surface area contributed by atoms with Gasteiger partial charge in [-0.2, -0.15) is 0 Å². The molecular formula is C35H38N4O2. The maximum Gasteiger partial charge on any atom is 0.254 e. The maximum absolute atomic E-state index is 13.8. The number of amides is 1. The second-order valence-electron chi connectivity index (χ2n) is 10.8. The first-order chi connectivity index (χ1) is 19.9. The molecular weight excluding hydrogens is 508 g/mol. The van der Waals surface area contributed by atoms with Crippen molar-refractivity contribution < 1.29 is 9.53 Å². The Bertz CT molecular complexity index is 1630. The van der Waals surface area contributed by atoms with Crippen LogP contribution in [-0.2, 0) is 6.54 Å². The zero-order chi connectivity index (χ0) is 28.8. The Hall–Kier alpha value is -4.58. The largest absolute Gasteiger partial charge is 0.497 e. The van der Waals surface area contributed by atoms with E-state index in [2.05, 4.69) is 58.5 Å². The lowest BCUT2D eigenvalue weighted by Gasteiger charge is -2.25. The first-order valence-electron chi connectivity index (χ1n) is 14.1. The van der Waals surface area contributed by atoms with Crippen molar-refractivity contribution in [3.8, 4) is 5.75 Å². The predicted octanol–water partition coefficient (Wildman–Crippen LogP) is 7.39. The molecule has 1 amide bonds. The highest BCUT2D eigenvalue weighted by Crippen LogP contribution is 2.29. The number of anilines is 2. The van der Waals surface area contributed by atoms with Crippen molar-refractivity contribution in [2.75, 3.05) is 38.0 Å². The van der Waals surface area contributed by atoms with Gasteiger partial charge in [-0.15, -0.1) is 0 Å². The molecule has 0 spiro atoms. The van der Waals surface area contributed by atoms with Crippen LogP contribution in [0, 0.1) is 0 Å². The summed E-state index contributed by atoms with van der Waals surface area (Å²) in [6.07, 6.45) is 3.57. The molecule has 210 valence electrons. The zero-order valence-electron chi connectivity index (χ0n) is 24.3. The third-order valence-electron chi connectivity index (χ3n) is 7.49. The minimum Gasteiger partial charge on any atom is -0.497 e. The highest BCUT2D eigenvalue weighted by atomic mass is 16.5. The van der Waals surface area contributed by atoms with Gasteiger partial charge < -0.3 is 19.9 Å². The average Bonchev–Trinajstić information content (AvgIpc) is 3.00. The number of benzene rings is 4. The Morgan fingerprint density at radius 3 is 2.41 bits per heavy atom. The highest BCUT2D eigenvalue weighted by molar-refractivity contribution is 5.98. The normalized spacial score (nSPS) is 11.8. The van der Waals surface area contributed by atoms with Crippen LogP contribution in [0.15, 0.2) is 97.2 Å². The number of pyridine rings is 1. The van der Waals surface area contributed by atoms with Crippen LogP contribution in [0.4, 0.5) is 11.4 Å². The molecule has 4 aromatic carbocycles. The number of ether oxygens (including phenoxy) is 1. The Kier molecular flexibility index (Phi) is 8.68. The fraction of sp³-hybridized carbons (Fsp3) is 0.257. The molecule has 1 aromatic heterocycles. The monoisotopic (exact) mass is 546 g/mol. The summed E-state index contributed by atoms with van der Waals surface area (Å²) in [5.41, 5.74) is 4.85. The van der Waals surface area contributed by atoms with Crippen LogP contribution in [0.1, 0.15) is 35.7 Å². The fourth-order valence-electron chi connectivity index (χ4n) is 5.20. The van der Waals surface area contributed by atoms with Gasteiger partial charge >= 0.3 is 0 Å². The smallest absolute Gasteiger partial charge is 0.254 e. The minimum atomic E-state index is 0.0519. The van der Waals surface area contributed by atoms with Gasteiger partial charge in [0.1, 0.15) is 5.75 Å². The van der Waals surface area contributed by atoms with E-state index in [0.717, 1.165) is 57.2 Å².